The molecule has 0 bridgehead atoms. The number of benzene rings is 1. The highest BCUT2D eigenvalue weighted by Crippen LogP contribution is 2.20. The SMILES string of the molecule is COc1ccc(CC2CCCN2)cc1F. The van der Waals surface area contributed by atoms with Crippen LogP contribution < -0.4 is 10.1 Å². The van der Waals surface area contributed by atoms with Gasteiger partial charge in [0, 0.05) is 6.04 Å². The Kier molecular flexibility index (Phi) is 3.21. The summed E-state index contributed by atoms with van der Waals surface area (Å²) in [5.74, 6) is 0.0473. The lowest BCUT2D eigenvalue weighted by molar-refractivity contribution is 0.386. The average Bonchev–Trinajstić information content (AvgIpc) is 2.71. The highest BCUT2D eigenvalue weighted by atomic mass is 19.1. The first-order chi connectivity index (χ1) is 7.29. The zero-order valence-electron chi connectivity index (χ0n) is 8.92. The van der Waals surface area contributed by atoms with Crippen LogP contribution >= 0.6 is 0 Å². The van der Waals surface area contributed by atoms with Gasteiger partial charge in [0.25, 0.3) is 0 Å². The van der Waals surface area contributed by atoms with Crippen LogP contribution in [-0.2, 0) is 6.42 Å². The standard InChI is InChI=1S/C12H16FNO/c1-15-12-5-4-9(8-11(12)13)7-10-3-2-6-14-10/h4-5,8,10,14H,2-3,6-7H2,1H3. The van der Waals surface area contributed by atoms with Crippen molar-refractivity contribution in [2.45, 2.75) is 25.3 Å². The van der Waals surface area contributed by atoms with Crippen molar-refractivity contribution in [3.05, 3.63) is 29.6 Å². The van der Waals surface area contributed by atoms with Crippen molar-refractivity contribution in [2.75, 3.05) is 13.7 Å². The maximum atomic E-state index is 13.4. The number of nitrogens with one attached hydrogen (secondary N) is 1. The van der Waals surface area contributed by atoms with Crippen LogP contribution in [0.5, 0.6) is 5.75 Å². The van der Waals surface area contributed by atoms with Crippen molar-refractivity contribution in [3.8, 4) is 5.75 Å². The number of halogens is 1. The van der Waals surface area contributed by atoms with Gasteiger partial charge < -0.3 is 10.1 Å². The van der Waals surface area contributed by atoms with E-state index in [1.54, 1.807) is 12.1 Å². The lowest BCUT2D eigenvalue weighted by Gasteiger charge is -2.10. The van der Waals surface area contributed by atoms with Gasteiger partial charge in [-0.25, -0.2) is 4.39 Å². The monoisotopic (exact) mass is 209 g/mol. The predicted molar refractivity (Wildman–Crippen MR) is 57.7 cm³/mol. The van der Waals surface area contributed by atoms with Crippen LogP contribution in [0.25, 0.3) is 0 Å². The summed E-state index contributed by atoms with van der Waals surface area (Å²) in [6, 6.07) is 5.71. The van der Waals surface area contributed by atoms with Crippen molar-refractivity contribution >= 4 is 0 Å². The average molecular weight is 209 g/mol. The summed E-state index contributed by atoms with van der Waals surface area (Å²) in [5.41, 5.74) is 1.03. The molecule has 1 atom stereocenters. The Morgan fingerprint density at radius 3 is 3.00 bits per heavy atom. The molecule has 0 amide bonds. The minimum Gasteiger partial charge on any atom is -0.494 e. The number of rotatable bonds is 3. The molecule has 1 fully saturated rings. The molecule has 0 aromatic heterocycles. The lowest BCUT2D eigenvalue weighted by atomic mass is 10.0. The van der Waals surface area contributed by atoms with Crippen LogP contribution in [0.3, 0.4) is 0 Å². The summed E-state index contributed by atoms with van der Waals surface area (Å²) in [5, 5.41) is 3.40. The maximum absolute atomic E-state index is 13.4. The molecule has 82 valence electrons. The second-order valence-electron chi connectivity index (χ2n) is 3.97. The highest BCUT2D eigenvalue weighted by molar-refractivity contribution is 5.29. The predicted octanol–water partition coefficient (Wildman–Crippen LogP) is 2.13. The van der Waals surface area contributed by atoms with Gasteiger partial charge in [0.15, 0.2) is 11.6 Å². The summed E-state index contributed by atoms with van der Waals surface area (Å²) in [6.07, 6.45) is 3.32. The van der Waals surface area contributed by atoms with Gasteiger partial charge in [-0.15, -0.1) is 0 Å². The van der Waals surface area contributed by atoms with Crippen molar-refractivity contribution in [3.63, 3.8) is 0 Å². The van der Waals surface area contributed by atoms with E-state index in [-0.39, 0.29) is 5.82 Å². The van der Waals surface area contributed by atoms with Crippen molar-refractivity contribution < 1.29 is 9.13 Å². The normalized spacial score (nSPS) is 20.5. The maximum Gasteiger partial charge on any atom is 0.165 e. The van der Waals surface area contributed by atoms with Gasteiger partial charge >= 0.3 is 0 Å². The van der Waals surface area contributed by atoms with Gasteiger partial charge in [-0.3, -0.25) is 0 Å². The van der Waals surface area contributed by atoms with Gasteiger partial charge in [0.05, 0.1) is 7.11 Å². The second-order valence-corrected chi connectivity index (χ2v) is 3.97. The Bertz CT molecular complexity index is 334. The van der Waals surface area contributed by atoms with Crippen molar-refractivity contribution in [2.24, 2.45) is 0 Å². The highest BCUT2D eigenvalue weighted by Gasteiger charge is 2.15. The Labute approximate surface area is 89.4 Å². The molecule has 3 heteroatoms. The number of ether oxygens (including phenoxy) is 1. The molecule has 1 aliphatic heterocycles. The van der Waals surface area contributed by atoms with E-state index in [1.807, 2.05) is 6.07 Å². The van der Waals surface area contributed by atoms with Crippen LogP contribution in [-0.4, -0.2) is 19.7 Å². The molecule has 1 aliphatic rings. The van der Waals surface area contributed by atoms with Gasteiger partial charge in [-0.1, -0.05) is 6.07 Å². The van der Waals surface area contributed by atoms with Gasteiger partial charge in [-0.2, -0.15) is 0 Å². The summed E-state index contributed by atoms with van der Waals surface area (Å²) in [4.78, 5) is 0. The quantitative estimate of drug-likeness (QED) is 0.823. The summed E-state index contributed by atoms with van der Waals surface area (Å²) < 4.78 is 18.3. The molecule has 1 heterocycles. The van der Waals surface area contributed by atoms with E-state index < -0.39 is 0 Å². The first-order valence-corrected chi connectivity index (χ1v) is 5.35. The van der Waals surface area contributed by atoms with Crippen LogP contribution in [0.1, 0.15) is 18.4 Å². The summed E-state index contributed by atoms with van der Waals surface area (Å²) in [7, 11) is 1.48. The Balaban J connectivity index is 2.05. The first-order valence-electron chi connectivity index (χ1n) is 5.35. The number of hydrogen-bond acceptors (Lipinski definition) is 2. The molecule has 1 aromatic rings. The van der Waals surface area contributed by atoms with Gasteiger partial charge in [-0.05, 0) is 43.5 Å². The molecular weight excluding hydrogens is 193 g/mol. The van der Waals surface area contributed by atoms with E-state index >= 15 is 0 Å². The van der Waals surface area contributed by atoms with E-state index in [9.17, 15) is 4.39 Å². The summed E-state index contributed by atoms with van der Waals surface area (Å²) in [6.45, 7) is 1.09. The largest absolute Gasteiger partial charge is 0.494 e. The fraction of sp³-hybridized carbons (Fsp3) is 0.500. The number of hydrogen-bond donors (Lipinski definition) is 1. The minimum atomic E-state index is -0.270. The van der Waals surface area contributed by atoms with Crippen LogP contribution in [0.15, 0.2) is 18.2 Å². The van der Waals surface area contributed by atoms with E-state index in [0.29, 0.717) is 11.8 Å². The Morgan fingerprint density at radius 2 is 2.40 bits per heavy atom. The van der Waals surface area contributed by atoms with Crippen LogP contribution in [0.2, 0.25) is 0 Å². The zero-order chi connectivity index (χ0) is 10.7. The molecule has 0 saturated carbocycles. The molecule has 1 unspecified atom stereocenters. The molecule has 0 spiro atoms. The van der Waals surface area contributed by atoms with E-state index in [4.69, 9.17) is 4.74 Å². The van der Waals surface area contributed by atoms with Crippen LogP contribution in [0.4, 0.5) is 4.39 Å². The van der Waals surface area contributed by atoms with Gasteiger partial charge in [0.1, 0.15) is 0 Å². The van der Waals surface area contributed by atoms with E-state index in [0.717, 1.165) is 18.5 Å². The Hall–Kier alpha value is -1.09. The molecule has 15 heavy (non-hydrogen) atoms. The molecule has 0 radical (unpaired) electrons. The topological polar surface area (TPSA) is 21.3 Å². The van der Waals surface area contributed by atoms with E-state index in [1.165, 1.54) is 20.0 Å². The fourth-order valence-electron chi connectivity index (χ4n) is 2.05. The minimum absolute atomic E-state index is 0.270. The van der Waals surface area contributed by atoms with E-state index in [2.05, 4.69) is 5.32 Å². The molecule has 1 saturated heterocycles. The van der Waals surface area contributed by atoms with Crippen molar-refractivity contribution in [1.29, 1.82) is 0 Å². The van der Waals surface area contributed by atoms with Gasteiger partial charge in [0.2, 0.25) is 0 Å². The molecule has 2 rings (SSSR count). The zero-order valence-corrected chi connectivity index (χ0v) is 8.92. The third kappa shape index (κ3) is 2.48. The van der Waals surface area contributed by atoms with Crippen molar-refractivity contribution in [1.82, 2.24) is 5.32 Å². The number of methoxy groups -OCH3 is 1. The molecule has 2 nitrogen and oxygen atoms in total. The van der Waals surface area contributed by atoms with Crippen LogP contribution in [0, 0.1) is 5.82 Å². The first kappa shape index (κ1) is 10.4. The third-order valence-electron chi connectivity index (χ3n) is 2.86. The second kappa shape index (κ2) is 4.62. The smallest absolute Gasteiger partial charge is 0.165 e. The summed E-state index contributed by atoms with van der Waals surface area (Å²) >= 11 is 0. The molecular formula is C12H16FNO. The molecule has 1 aromatic carbocycles. The third-order valence-corrected chi connectivity index (χ3v) is 2.86. The molecule has 0 aliphatic carbocycles. The Morgan fingerprint density at radius 1 is 1.53 bits per heavy atom. The lowest BCUT2D eigenvalue weighted by Crippen LogP contribution is -2.23. The molecule has 1 N–H and O–H groups in total. The fourth-order valence-corrected chi connectivity index (χ4v) is 2.05.